The topological polar surface area (TPSA) is 72.0 Å². The van der Waals surface area contributed by atoms with Crippen LogP contribution in [-0.2, 0) is 4.79 Å². The highest BCUT2D eigenvalue weighted by atomic mass is 16.3. The van der Waals surface area contributed by atoms with Crippen molar-refractivity contribution in [2.24, 2.45) is 0 Å². The van der Waals surface area contributed by atoms with Gasteiger partial charge in [0, 0.05) is 14.0 Å². The summed E-state index contributed by atoms with van der Waals surface area (Å²) in [6, 6.07) is 0. The van der Waals surface area contributed by atoms with Gasteiger partial charge in [-0.2, -0.15) is 0 Å². The number of carbonyl (C=O) groups is 1. The highest BCUT2D eigenvalue weighted by Gasteiger charge is 2.05. The van der Waals surface area contributed by atoms with E-state index >= 15 is 0 Å². The molecule has 0 aromatic heterocycles. The van der Waals surface area contributed by atoms with Gasteiger partial charge in [-0.05, 0) is 6.92 Å². The molecular formula is C5H13NO3. The van der Waals surface area contributed by atoms with Gasteiger partial charge in [0.25, 0.3) is 0 Å². The Balaban J connectivity index is 0. The highest BCUT2D eigenvalue weighted by molar-refractivity contribution is 5.72. The summed E-state index contributed by atoms with van der Waals surface area (Å²) in [7, 11) is 1.55. The van der Waals surface area contributed by atoms with E-state index in [9.17, 15) is 4.79 Å². The maximum absolute atomic E-state index is 10.4. The zero-order valence-corrected chi connectivity index (χ0v) is 5.88. The second-order valence-electron chi connectivity index (χ2n) is 1.76. The molecule has 0 aromatic rings. The van der Waals surface area contributed by atoms with Crippen molar-refractivity contribution in [3.8, 4) is 0 Å². The Morgan fingerprint density at radius 3 is 2.00 bits per heavy atom. The zero-order chi connectivity index (χ0) is 6.73. The molecule has 4 nitrogen and oxygen atoms in total. The zero-order valence-electron chi connectivity index (χ0n) is 5.88. The van der Waals surface area contributed by atoms with Crippen LogP contribution in [0.1, 0.15) is 13.8 Å². The Morgan fingerprint density at radius 1 is 1.67 bits per heavy atom. The van der Waals surface area contributed by atoms with Gasteiger partial charge in [0.05, 0.1) is 0 Å². The molecule has 0 bridgehead atoms. The molecule has 0 aliphatic heterocycles. The molecule has 0 aliphatic carbocycles. The van der Waals surface area contributed by atoms with E-state index in [2.05, 4.69) is 0 Å². The number of hydrogen-bond acceptors (Lipinski definition) is 2. The van der Waals surface area contributed by atoms with Crippen LogP contribution in [0, 0.1) is 0 Å². The first kappa shape index (κ1) is 11.2. The molecule has 1 atom stereocenters. The summed E-state index contributed by atoms with van der Waals surface area (Å²) < 4.78 is 0. The number of amides is 1. The Hall–Kier alpha value is -0.610. The van der Waals surface area contributed by atoms with E-state index in [1.165, 1.54) is 11.8 Å². The molecule has 3 N–H and O–H groups in total. The van der Waals surface area contributed by atoms with Crippen LogP contribution in [0.3, 0.4) is 0 Å². The lowest BCUT2D eigenvalue weighted by Gasteiger charge is -2.17. The fourth-order valence-electron chi connectivity index (χ4n) is 0.263. The minimum atomic E-state index is -0.674. The van der Waals surface area contributed by atoms with Gasteiger partial charge in [0.2, 0.25) is 5.91 Å². The van der Waals surface area contributed by atoms with Gasteiger partial charge in [-0.25, -0.2) is 0 Å². The van der Waals surface area contributed by atoms with Gasteiger partial charge in [0.15, 0.2) is 0 Å². The highest BCUT2D eigenvalue weighted by Crippen LogP contribution is 1.88. The molecule has 9 heavy (non-hydrogen) atoms. The van der Waals surface area contributed by atoms with Crippen LogP contribution in [0.4, 0.5) is 0 Å². The summed E-state index contributed by atoms with van der Waals surface area (Å²) in [6.45, 7) is 2.95. The molecule has 0 spiro atoms. The van der Waals surface area contributed by atoms with Crippen LogP contribution in [0.2, 0.25) is 0 Å². The van der Waals surface area contributed by atoms with Crippen LogP contribution in [0.25, 0.3) is 0 Å². The van der Waals surface area contributed by atoms with Crippen LogP contribution in [0.5, 0.6) is 0 Å². The molecule has 0 aromatic carbocycles. The number of hydrogen-bond donors (Lipinski definition) is 1. The monoisotopic (exact) mass is 135 g/mol. The van der Waals surface area contributed by atoms with Crippen molar-refractivity contribution in [2.75, 3.05) is 7.05 Å². The second kappa shape index (κ2) is 4.29. The SMILES string of the molecule is CC(=O)N(C)C(C)O.O. The number of nitrogens with zero attached hydrogens (tertiary/aromatic N) is 1. The van der Waals surface area contributed by atoms with Crippen LogP contribution < -0.4 is 0 Å². The van der Waals surface area contributed by atoms with Crippen molar-refractivity contribution >= 4 is 5.91 Å². The average Bonchev–Trinajstić information content (AvgIpc) is 1.64. The first-order chi connectivity index (χ1) is 3.55. The van der Waals surface area contributed by atoms with E-state index in [1.807, 2.05) is 0 Å². The van der Waals surface area contributed by atoms with Gasteiger partial charge in [0.1, 0.15) is 6.23 Å². The minimum Gasteiger partial charge on any atom is -0.412 e. The van der Waals surface area contributed by atoms with Gasteiger partial charge < -0.3 is 15.5 Å². The van der Waals surface area contributed by atoms with Crippen LogP contribution in [0.15, 0.2) is 0 Å². The molecule has 0 rings (SSSR count). The van der Waals surface area contributed by atoms with Crippen molar-refractivity contribution in [1.82, 2.24) is 4.90 Å². The molecule has 0 aliphatic rings. The molecule has 1 unspecified atom stereocenters. The molecular weight excluding hydrogens is 122 g/mol. The number of aliphatic hydroxyl groups excluding tert-OH is 1. The predicted molar refractivity (Wildman–Crippen MR) is 33.7 cm³/mol. The van der Waals surface area contributed by atoms with E-state index in [4.69, 9.17) is 5.11 Å². The van der Waals surface area contributed by atoms with Crippen molar-refractivity contribution in [1.29, 1.82) is 0 Å². The van der Waals surface area contributed by atoms with Crippen molar-refractivity contribution in [2.45, 2.75) is 20.1 Å². The maximum atomic E-state index is 10.4. The van der Waals surface area contributed by atoms with E-state index in [1.54, 1.807) is 14.0 Å². The first-order valence-corrected chi connectivity index (χ1v) is 2.47. The fraction of sp³-hybridized carbons (Fsp3) is 0.800. The van der Waals surface area contributed by atoms with Gasteiger partial charge >= 0.3 is 0 Å². The fourth-order valence-corrected chi connectivity index (χ4v) is 0.263. The molecule has 0 heterocycles. The lowest BCUT2D eigenvalue weighted by Crippen LogP contribution is -2.32. The van der Waals surface area contributed by atoms with E-state index in [0.717, 1.165) is 0 Å². The Kier molecular flexibility index (Phi) is 5.34. The molecule has 0 fully saturated rings. The average molecular weight is 135 g/mol. The third kappa shape index (κ3) is 3.93. The lowest BCUT2D eigenvalue weighted by atomic mass is 10.5. The predicted octanol–water partition coefficient (Wildman–Crippen LogP) is -1.02. The summed E-state index contributed by atoms with van der Waals surface area (Å²) in [5, 5.41) is 8.70. The Bertz CT molecular complexity index is 92.2. The van der Waals surface area contributed by atoms with Crippen LogP contribution in [-0.4, -0.2) is 34.7 Å². The Labute approximate surface area is 54.4 Å². The van der Waals surface area contributed by atoms with Crippen molar-refractivity contribution in [3.63, 3.8) is 0 Å². The van der Waals surface area contributed by atoms with Crippen molar-refractivity contribution in [3.05, 3.63) is 0 Å². The molecule has 0 radical (unpaired) electrons. The van der Waals surface area contributed by atoms with Gasteiger partial charge in [-0.1, -0.05) is 0 Å². The lowest BCUT2D eigenvalue weighted by molar-refractivity contribution is -0.135. The Morgan fingerprint density at radius 2 is 2.00 bits per heavy atom. The quantitative estimate of drug-likeness (QED) is 0.467. The molecule has 4 heteroatoms. The largest absolute Gasteiger partial charge is 0.412 e. The summed E-state index contributed by atoms with van der Waals surface area (Å²) >= 11 is 0. The summed E-state index contributed by atoms with van der Waals surface area (Å²) in [4.78, 5) is 11.6. The third-order valence-electron chi connectivity index (χ3n) is 1.06. The maximum Gasteiger partial charge on any atom is 0.221 e. The van der Waals surface area contributed by atoms with E-state index < -0.39 is 6.23 Å². The first-order valence-electron chi connectivity index (χ1n) is 2.47. The summed E-state index contributed by atoms with van der Waals surface area (Å²) in [5.41, 5.74) is 0. The molecule has 1 amide bonds. The van der Waals surface area contributed by atoms with E-state index in [0.29, 0.717) is 0 Å². The second-order valence-corrected chi connectivity index (χ2v) is 1.76. The van der Waals surface area contributed by atoms with Gasteiger partial charge in [-0.3, -0.25) is 4.79 Å². The normalized spacial score (nSPS) is 11.6. The summed E-state index contributed by atoms with van der Waals surface area (Å²) in [5.74, 6) is -0.125. The number of aliphatic hydroxyl groups is 1. The van der Waals surface area contributed by atoms with Crippen LogP contribution >= 0.6 is 0 Å². The minimum absolute atomic E-state index is 0. The standard InChI is InChI=1S/C5H11NO2.H2O/c1-4(7)6(3)5(2)8;/h4,7H,1-3H3;1H2. The van der Waals surface area contributed by atoms with Crippen molar-refractivity contribution < 1.29 is 15.4 Å². The number of carbonyl (C=O) groups excluding carboxylic acids is 1. The van der Waals surface area contributed by atoms with E-state index in [-0.39, 0.29) is 11.4 Å². The van der Waals surface area contributed by atoms with Gasteiger partial charge in [-0.15, -0.1) is 0 Å². The summed E-state index contributed by atoms with van der Waals surface area (Å²) in [6.07, 6.45) is -0.674. The molecule has 0 saturated carbocycles. The molecule has 56 valence electrons. The smallest absolute Gasteiger partial charge is 0.221 e. The molecule has 0 saturated heterocycles. The third-order valence-corrected chi connectivity index (χ3v) is 1.06. The number of rotatable bonds is 1.